The normalized spacial score (nSPS) is 15.7. The Morgan fingerprint density at radius 2 is 1.96 bits per heavy atom. The van der Waals surface area contributed by atoms with Gasteiger partial charge in [0, 0.05) is 21.6 Å². The number of anilines is 1. The van der Waals surface area contributed by atoms with Gasteiger partial charge in [-0.3, -0.25) is 0 Å². The second-order valence-corrected chi connectivity index (χ2v) is 7.19. The summed E-state index contributed by atoms with van der Waals surface area (Å²) in [7, 11) is 0. The molecular weight excluding hydrogens is 366 g/mol. The Balaban J connectivity index is 1.56. The van der Waals surface area contributed by atoms with Crippen LogP contribution in [-0.4, -0.2) is 11.0 Å². The van der Waals surface area contributed by atoms with Crippen molar-refractivity contribution in [3.8, 4) is 0 Å². The van der Waals surface area contributed by atoms with E-state index in [1.807, 2.05) is 42.6 Å². The fourth-order valence-corrected chi connectivity index (χ4v) is 3.77. The number of amides is 2. The van der Waals surface area contributed by atoms with Crippen molar-refractivity contribution in [2.75, 3.05) is 5.32 Å². The van der Waals surface area contributed by atoms with Crippen molar-refractivity contribution in [1.82, 2.24) is 10.3 Å². The molecule has 0 aliphatic heterocycles. The van der Waals surface area contributed by atoms with Crippen molar-refractivity contribution in [3.05, 3.63) is 64.8 Å². The third kappa shape index (κ3) is 2.69. The number of aromatic nitrogens is 1. The lowest BCUT2D eigenvalue weighted by Crippen LogP contribution is -2.52. The molecule has 1 aliphatic carbocycles. The van der Waals surface area contributed by atoms with Crippen LogP contribution in [0, 0.1) is 0 Å². The highest BCUT2D eigenvalue weighted by Crippen LogP contribution is 2.42. The molecule has 1 heterocycles. The van der Waals surface area contributed by atoms with Crippen molar-refractivity contribution in [2.45, 2.75) is 24.8 Å². The van der Waals surface area contributed by atoms with E-state index in [1.165, 1.54) is 0 Å². The van der Waals surface area contributed by atoms with Gasteiger partial charge in [0.05, 0.1) is 11.2 Å². The smallest absolute Gasteiger partial charge is 0.319 e. The van der Waals surface area contributed by atoms with Gasteiger partial charge in [-0.15, -0.1) is 0 Å². The van der Waals surface area contributed by atoms with E-state index in [2.05, 4.69) is 43.7 Å². The van der Waals surface area contributed by atoms with Crippen LogP contribution in [0.25, 0.3) is 10.9 Å². The number of aromatic amines is 1. The highest BCUT2D eigenvalue weighted by molar-refractivity contribution is 9.10. The number of carbonyl (C=O) groups excluding carboxylic acids is 1. The maximum Gasteiger partial charge on any atom is 0.319 e. The first-order valence-electron chi connectivity index (χ1n) is 8.08. The molecule has 1 aromatic heterocycles. The van der Waals surface area contributed by atoms with E-state index < -0.39 is 0 Å². The van der Waals surface area contributed by atoms with Gasteiger partial charge in [-0.25, -0.2) is 4.79 Å². The SMILES string of the molecule is O=C(Nc1cccc2[nH]ccc12)NC1(c2cccc(Br)c2)CCC1. The average Bonchev–Trinajstić information content (AvgIpc) is 3.00. The van der Waals surface area contributed by atoms with E-state index in [0.29, 0.717) is 0 Å². The Kier molecular flexibility index (Phi) is 3.81. The van der Waals surface area contributed by atoms with Crippen LogP contribution in [0.3, 0.4) is 0 Å². The minimum atomic E-state index is -0.264. The molecule has 3 aromatic rings. The fourth-order valence-electron chi connectivity index (χ4n) is 3.37. The van der Waals surface area contributed by atoms with Crippen molar-refractivity contribution in [1.29, 1.82) is 0 Å². The Hall–Kier alpha value is -2.27. The molecule has 3 N–H and O–H groups in total. The molecule has 4 nitrogen and oxygen atoms in total. The first-order chi connectivity index (χ1) is 11.7. The number of nitrogens with one attached hydrogen (secondary N) is 3. The summed E-state index contributed by atoms with van der Waals surface area (Å²) in [6.45, 7) is 0. The van der Waals surface area contributed by atoms with Crippen LogP contribution < -0.4 is 10.6 Å². The molecule has 0 saturated heterocycles. The largest absolute Gasteiger partial charge is 0.361 e. The Labute approximate surface area is 148 Å². The summed E-state index contributed by atoms with van der Waals surface area (Å²) in [5.74, 6) is 0. The molecule has 5 heteroatoms. The Morgan fingerprint density at radius 1 is 1.12 bits per heavy atom. The van der Waals surface area contributed by atoms with E-state index in [-0.39, 0.29) is 11.6 Å². The van der Waals surface area contributed by atoms with E-state index in [1.54, 1.807) is 0 Å². The maximum absolute atomic E-state index is 12.6. The molecule has 4 rings (SSSR count). The summed E-state index contributed by atoms with van der Waals surface area (Å²) < 4.78 is 1.03. The number of hydrogen-bond acceptors (Lipinski definition) is 1. The molecule has 2 amide bonds. The number of benzene rings is 2. The van der Waals surface area contributed by atoms with E-state index in [9.17, 15) is 4.79 Å². The summed E-state index contributed by atoms with van der Waals surface area (Å²) in [6, 6.07) is 15.8. The van der Waals surface area contributed by atoms with Gasteiger partial charge in [0.2, 0.25) is 0 Å². The second kappa shape index (κ2) is 5.98. The number of fused-ring (bicyclic) bond motifs is 1. The maximum atomic E-state index is 12.6. The van der Waals surface area contributed by atoms with Crippen molar-refractivity contribution < 1.29 is 4.79 Å². The van der Waals surface area contributed by atoms with Crippen LogP contribution in [0.4, 0.5) is 10.5 Å². The minimum Gasteiger partial charge on any atom is -0.361 e. The van der Waals surface area contributed by atoms with E-state index in [0.717, 1.165) is 45.9 Å². The predicted molar refractivity (Wildman–Crippen MR) is 100 cm³/mol. The van der Waals surface area contributed by atoms with Gasteiger partial charge >= 0.3 is 6.03 Å². The quantitative estimate of drug-likeness (QED) is 0.576. The van der Waals surface area contributed by atoms with Crippen molar-refractivity contribution >= 4 is 38.6 Å². The summed E-state index contributed by atoms with van der Waals surface area (Å²) >= 11 is 3.52. The third-order valence-electron chi connectivity index (χ3n) is 4.78. The zero-order chi connectivity index (χ0) is 16.6. The van der Waals surface area contributed by atoms with Crippen molar-refractivity contribution in [3.63, 3.8) is 0 Å². The predicted octanol–water partition coefficient (Wildman–Crippen LogP) is 5.13. The lowest BCUT2D eigenvalue weighted by atomic mass is 9.72. The average molecular weight is 384 g/mol. The summed E-state index contributed by atoms with van der Waals surface area (Å²) in [5, 5.41) is 7.21. The second-order valence-electron chi connectivity index (χ2n) is 6.27. The van der Waals surface area contributed by atoms with Gasteiger partial charge in [0.25, 0.3) is 0 Å². The zero-order valence-electron chi connectivity index (χ0n) is 13.1. The Morgan fingerprint density at radius 3 is 2.71 bits per heavy atom. The van der Waals surface area contributed by atoms with Crippen LogP contribution in [0.1, 0.15) is 24.8 Å². The number of rotatable bonds is 3. The summed E-state index contributed by atoms with van der Waals surface area (Å²) in [5.41, 5.74) is 2.71. The van der Waals surface area contributed by atoms with Gasteiger partial charge < -0.3 is 15.6 Å². The molecule has 0 atom stereocenters. The molecule has 0 spiro atoms. The van der Waals surface area contributed by atoms with E-state index in [4.69, 9.17) is 0 Å². The molecule has 2 aromatic carbocycles. The summed E-state index contributed by atoms with van der Waals surface area (Å²) in [4.78, 5) is 15.8. The van der Waals surface area contributed by atoms with Crippen LogP contribution in [0.2, 0.25) is 0 Å². The molecule has 122 valence electrons. The molecule has 0 bridgehead atoms. The number of urea groups is 1. The third-order valence-corrected chi connectivity index (χ3v) is 5.27. The molecule has 1 aliphatic rings. The van der Waals surface area contributed by atoms with Crippen LogP contribution in [0.15, 0.2) is 59.2 Å². The molecule has 1 saturated carbocycles. The van der Waals surface area contributed by atoms with Gasteiger partial charge in [0.1, 0.15) is 0 Å². The van der Waals surface area contributed by atoms with Gasteiger partial charge in [-0.05, 0) is 55.2 Å². The first-order valence-corrected chi connectivity index (χ1v) is 8.87. The summed E-state index contributed by atoms with van der Waals surface area (Å²) in [6.07, 6.45) is 4.93. The standard InChI is InChI=1S/C19H18BrN3O/c20-14-5-1-4-13(12-14)19(9-3-10-19)23-18(24)22-17-7-2-6-16-15(17)8-11-21-16/h1-2,4-8,11-12,21H,3,9-10H2,(H2,22,23,24). The molecule has 0 radical (unpaired) electrons. The molecule has 0 unspecified atom stereocenters. The molecular formula is C19H18BrN3O. The lowest BCUT2D eigenvalue weighted by Gasteiger charge is -2.43. The van der Waals surface area contributed by atoms with Crippen LogP contribution >= 0.6 is 15.9 Å². The van der Waals surface area contributed by atoms with Crippen LogP contribution in [-0.2, 0) is 5.54 Å². The highest BCUT2D eigenvalue weighted by atomic mass is 79.9. The number of hydrogen-bond donors (Lipinski definition) is 3. The topological polar surface area (TPSA) is 56.9 Å². The number of H-pyrrole nitrogens is 1. The van der Waals surface area contributed by atoms with Gasteiger partial charge in [0.15, 0.2) is 0 Å². The van der Waals surface area contributed by atoms with Gasteiger partial charge in [-0.2, -0.15) is 0 Å². The minimum absolute atomic E-state index is 0.164. The first kappa shape index (κ1) is 15.3. The number of halogens is 1. The Bertz CT molecular complexity index is 898. The molecule has 1 fully saturated rings. The van der Waals surface area contributed by atoms with E-state index >= 15 is 0 Å². The lowest BCUT2D eigenvalue weighted by molar-refractivity contribution is 0.185. The molecule has 24 heavy (non-hydrogen) atoms. The number of carbonyl (C=O) groups is 1. The van der Waals surface area contributed by atoms with Crippen LogP contribution in [0.5, 0.6) is 0 Å². The zero-order valence-corrected chi connectivity index (χ0v) is 14.7. The fraction of sp³-hybridized carbons (Fsp3) is 0.211. The monoisotopic (exact) mass is 383 g/mol. The van der Waals surface area contributed by atoms with Gasteiger partial charge in [-0.1, -0.05) is 34.1 Å². The highest BCUT2D eigenvalue weighted by Gasteiger charge is 2.40. The van der Waals surface area contributed by atoms with Crippen molar-refractivity contribution in [2.24, 2.45) is 0 Å².